The highest BCUT2D eigenvalue weighted by Crippen LogP contribution is 2.14. The normalized spacial score (nSPS) is 12.5. The molecular weight excluding hydrogens is 733 g/mol. The minimum atomic E-state index is -0.787. The molecule has 0 rings (SSSR count). The van der Waals surface area contributed by atoms with Crippen molar-refractivity contribution >= 4 is 17.9 Å². The van der Waals surface area contributed by atoms with E-state index in [2.05, 4.69) is 81.5 Å². The lowest BCUT2D eigenvalue weighted by atomic mass is 10.1. The van der Waals surface area contributed by atoms with Crippen molar-refractivity contribution < 1.29 is 28.6 Å². The van der Waals surface area contributed by atoms with Gasteiger partial charge >= 0.3 is 17.9 Å². The number of esters is 3. The monoisotopic (exact) mass is 825 g/mol. The van der Waals surface area contributed by atoms with Crippen molar-refractivity contribution in [2.45, 2.75) is 245 Å². The van der Waals surface area contributed by atoms with Crippen LogP contribution in [0.3, 0.4) is 0 Å². The van der Waals surface area contributed by atoms with Gasteiger partial charge in [0.25, 0.3) is 0 Å². The SMILES string of the molecule is CC\C=C/C=C\C=C/CCCCCCCC(=O)OC(COC(=O)CCCCCCC/C=C\C=C/CCCCCCCCC)COC(=O)CCCCCCCCCCCC. The van der Waals surface area contributed by atoms with Crippen molar-refractivity contribution in [2.75, 3.05) is 13.2 Å². The van der Waals surface area contributed by atoms with Crippen LogP contribution in [-0.2, 0) is 28.6 Å². The van der Waals surface area contributed by atoms with Crippen molar-refractivity contribution in [1.82, 2.24) is 0 Å². The molecule has 6 heteroatoms. The highest BCUT2D eigenvalue weighted by atomic mass is 16.6. The van der Waals surface area contributed by atoms with Gasteiger partial charge in [-0.3, -0.25) is 14.4 Å². The molecule has 0 fully saturated rings. The minimum absolute atomic E-state index is 0.0867. The standard InChI is InChI=1S/C53H92O6/c1-4-7-10-13-16-19-22-24-25-26-27-28-30-31-34-37-40-43-46-52(55)58-49-50(48-57-51(54)45-42-39-36-33-21-18-15-12-9-6-3)59-53(56)47-44-41-38-35-32-29-23-20-17-14-11-8-5-2/h8,11,14,17,20,23,25-28,50H,4-7,9-10,12-13,15-16,18-19,21-22,24,29-49H2,1-3H3/b11-8-,17-14-,23-20-,26-25-,28-27-. The molecule has 59 heavy (non-hydrogen) atoms. The van der Waals surface area contributed by atoms with Crippen LogP contribution in [0.25, 0.3) is 0 Å². The Bertz CT molecular complexity index is 1090. The molecule has 0 saturated heterocycles. The van der Waals surface area contributed by atoms with E-state index in [9.17, 15) is 14.4 Å². The number of hydrogen-bond acceptors (Lipinski definition) is 6. The van der Waals surface area contributed by atoms with E-state index in [0.717, 1.165) is 103 Å². The summed E-state index contributed by atoms with van der Waals surface area (Å²) in [5, 5.41) is 0. The summed E-state index contributed by atoms with van der Waals surface area (Å²) >= 11 is 0. The van der Waals surface area contributed by atoms with Crippen LogP contribution >= 0.6 is 0 Å². The van der Waals surface area contributed by atoms with Gasteiger partial charge in [0.1, 0.15) is 13.2 Å². The summed E-state index contributed by atoms with van der Waals surface area (Å²) in [6.07, 6.45) is 57.8. The van der Waals surface area contributed by atoms with Gasteiger partial charge < -0.3 is 14.2 Å². The fraction of sp³-hybridized carbons (Fsp3) is 0.755. The highest BCUT2D eigenvalue weighted by Gasteiger charge is 2.19. The number of carbonyl (C=O) groups excluding carboxylic acids is 3. The fourth-order valence-electron chi connectivity index (χ4n) is 6.84. The Morgan fingerprint density at radius 1 is 0.356 bits per heavy atom. The second-order valence-electron chi connectivity index (χ2n) is 16.4. The average Bonchev–Trinajstić information content (AvgIpc) is 3.23. The summed E-state index contributed by atoms with van der Waals surface area (Å²) in [6, 6.07) is 0. The predicted octanol–water partition coefficient (Wildman–Crippen LogP) is 16.1. The summed E-state index contributed by atoms with van der Waals surface area (Å²) in [6.45, 7) is 6.46. The van der Waals surface area contributed by atoms with Gasteiger partial charge in [0.2, 0.25) is 0 Å². The Morgan fingerprint density at radius 2 is 0.661 bits per heavy atom. The largest absolute Gasteiger partial charge is 0.462 e. The molecule has 0 aliphatic heterocycles. The number of allylic oxidation sites excluding steroid dienone is 10. The van der Waals surface area contributed by atoms with Crippen LogP contribution in [0.5, 0.6) is 0 Å². The van der Waals surface area contributed by atoms with E-state index in [-0.39, 0.29) is 31.1 Å². The molecule has 1 atom stereocenters. The van der Waals surface area contributed by atoms with Gasteiger partial charge in [0, 0.05) is 19.3 Å². The van der Waals surface area contributed by atoms with Crippen LogP contribution in [0.15, 0.2) is 60.8 Å². The average molecular weight is 825 g/mol. The summed E-state index contributed by atoms with van der Waals surface area (Å²) in [4.78, 5) is 37.8. The van der Waals surface area contributed by atoms with E-state index in [1.807, 2.05) is 0 Å². The lowest BCUT2D eigenvalue weighted by Crippen LogP contribution is -2.30. The molecule has 340 valence electrons. The van der Waals surface area contributed by atoms with Gasteiger partial charge in [-0.15, -0.1) is 0 Å². The Labute approximate surface area is 364 Å². The van der Waals surface area contributed by atoms with Crippen LogP contribution < -0.4 is 0 Å². The van der Waals surface area contributed by atoms with Crippen molar-refractivity contribution in [2.24, 2.45) is 0 Å². The summed E-state index contributed by atoms with van der Waals surface area (Å²) < 4.78 is 16.7. The third-order valence-electron chi connectivity index (χ3n) is 10.6. The Morgan fingerprint density at radius 3 is 1.03 bits per heavy atom. The topological polar surface area (TPSA) is 78.9 Å². The molecule has 0 saturated carbocycles. The van der Waals surface area contributed by atoms with Gasteiger partial charge in [0.05, 0.1) is 0 Å². The maximum absolute atomic E-state index is 12.7. The molecule has 0 heterocycles. The Kier molecular flexibility index (Phi) is 45.4. The molecule has 1 unspecified atom stereocenters. The van der Waals surface area contributed by atoms with Crippen LogP contribution in [-0.4, -0.2) is 37.2 Å². The zero-order valence-electron chi connectivity index (χ0n) is 38.8. The van der Waals surface area contributed by atoms with E-state index in [4.69, 9.17) is 14.2 Å². The first-order valence-corrected chi connectivity index (χ1v) is 24.8. The van der Waals surface area contributed by atoms with Gasteiger partial charge in [0.15, 0.2) is 6.10 Å². The number of carbonyl (C=O) groups is 3. The Balaban J connectivity index is 4.38. The predicted molar refractivity (Wildman–Crippen MR) is 251 cm³/mol. The first-order chi connectivity index (χ1) is 29.0. The van der Waals surface area contributed by atoms with Gasteiger partial charge in [-0.2, -0.15) is 0 Å². The van der Waals surface area contributed by atoms with Crippen molar-refractivity contribution in [3.8, 4) is 0 Å². The Hall–Kier alpha value is -2.89. The van der Waals surface area contributed by atoms with E-state index in [0.29, 0.717) is 19.3 Å². The number of ether oxygens (including phenoxy) is 3. The number of rotatable bonds is 44. The summed E-state index contributed by atoms with van der Waals surface area (Å²) in [5.41, 5.74) is 0. The van der Waals surface area contributed by atoms with Crippen LogP contribution in [0.2, 0.25) is 0 Å². The third kappa shape index (κ3) is 46.0. The quantitative estimate of drug-likeness (QED) is 0.0263. The summed E-state index contributed by atoms with van der Waals surface area (Å²) in [7, 11) is 0. The zero-order valence-corrected chi connectivity index (χ0v) is 38.8. The van der Waals surface area contributed by atoms with Crippen molar-refractivity contribution in [3.63, 3.8) is 0 Å². The van der Waals surface area contributed by atoms with Crippen LogP contribution in [0.4, 0.5) is 0 Å². The molecule has 6 nitrogen and oxygen atoms in total. The highest BCUT2D eigenvalue weighted by molar-refractivity contribution is 5.71. The lowest BCUT2D eigenvalue weighted by Gasteiger charge is -2.18. The first-order valence-electron chi connectivity index (χ1n) is 24.8. The molecule has 0 N–H and O–H groups in total. The lowest BCUT2D eigenvalue weighted by molar-refractivity contribution is -0.167. The molecular formula is C53H92O6. The third-order valence-corrected chi connectivity index (χ3v) is 10.6. The number of unbranched alkanes of at least 4 members (excludes halogenated alkanes) is 26. The maximum atomic E-state index is 12.7. The first kappa shape index (κ1) is 56.1. The van der Waals surface area contributed by atoms with E-state index in [1.54, 1.807) is 0 Å². The van der Waals surface area contributed by atoms with Gasteiger partial charge in [-0.25, -0.2) is 0 Å². The minimum Gasteiger partial charge on any atom is -0.462 e. The molecule has 0 aromatic rings. The van der Waals surface area contributed by atoms with E-state index < -0.39 is 6.10 Å². The summed E-state index contributed by atoms with van der Waals surface area (Å²) in [5.74, 6) is -0.923. The van der Waals surface area contributed by atoms with Gasteiger partial charge in [-0.05, 0) is 64.2 Å². The number of hydrogen-bond donors (Lipinski definition) is 0. The molecule has 0 aromatic carbocycles. The molecule has 0 aromatic heterocycles. The smallest absolute Gasteiger partial charge is 0.306 e. The molecule has 0 radical (unpaired) electrons. The van der Waals surface area contributed by atoms with Crippen LogP contribution in [0.1, 0.15) is 239 Å². The second kappa shape index (κ2) is 47.8. The van der Waals surface area contributed by atoms with Crippen molar-refractivity contribution in [3.05, 3.63) is 60.8 Å². The molecule has 0 bridgehead atoms. The molecule has 0 aliphatic rings. The fourth-order valence-corrected chi connectivity index (χ4v) is 6.84. The second-order valence-corrected chi connectivity index (χ2v) is 16.4. The van der Waals surface area contributed by atoms with E-state index in [1.165, 1.54) is 96.3 Å². The van der Waals surface area contributed by atoms with Crippen LogP contribution in [0, 0.1) is 0 Å². The van der Waals surface area contributed by atoms with Crippen molar-refractivity contribution in [1.29, 1.82) is 0 Å². The van der Waals surface area contributed by atoms with Gasteiger partial charge in [-0.1, -0.05) is 216 Å². The molecule has 0 aliphatic carbocycles. The molecule has 0 amide bonds. The van der Waals surface area contributed by atoms with E-state index >= 15 is 0 Å². The zero-order chi connectivity index (χ0) is 43.0. The maximum Gasteiger partial charge on any atom is 0.306 e. The molecule has 0 spiro atoms.